The summed E-state index contributed by atoms with van der Waals surface area (Å²) in [6, 6.07) is 14.1. The number of para-hydroxylation sites is 1. The Hall–Kier alpha value is -3.34. The number of rotatable bonds is 5. The van der Waals surface area contributed by atoms with E-state index in [1.165, 1.54) is 15.3 Å². The summed E-state index contributed by atoms with van der Waals surface area (Å²) >= 11 is 0. The van der Waals surface area contributed by atoms with Crippen LogP contribution in [0, 0.1) is 6.92 Å². The SMILES string of the molecule is Cc1cc(NC(=O)CN2C(=O)CCc3cc(S(=O)(=O)N4CCOCC4)ccc32)c2ccccc2n1. The number of aromatic nitrogens is 1. The first-order chi connectivity index (χ1) is 16.8. The molecule has 0 bridgehead atoms. The van der Waals surface area contributed by atoms with Gasteiger partial charge in [0.15, 0.2) is 0 Å². The number of pyridine rings is 1. The lowest BCUT2D eigenvalue weighted by molar-refractivity contribution is -0.121. The van der Waals surface area contributed by atoms with Crippen molar-refractivity contribution in [1.82, 2.24) is 9.29 Å². The fourth-order valence-electron chi connectivity index (χ4n) is 4.55. The molecule has 0 aliphatic carbocycles. The zero-order valence-electron chi connectivity index (χ0n) is 19.4. The maximum atomic E-state index is 13.1. The van der Waals surface area contributed by atoms with Crippen LogP contribution in [0.4, 0.5) is 11.4 Å². The first-order valence-corrected chi connectivity index (χ1v) is 12.9. The Labute approximate surface area is 203 Å². The number of amides is 2. The number of ether oxygens (including phenoxy) is 1. The van der Waals surface area contributed by atoms with E-state index >= 15 is 0 Å². The summed E-state index contributed by atoms with van der Waals surface area (Å²) in [5, 5.41) is 3.73. The van der Waals surface area contributed by atoms with Gasteiger partial charge in [-0.1, -0.05) is 18.2 Å². The van der Waals surface area contributed by atoms with Crippen molar-refractivity contribution in [3.63, 3.8) is 0 Å². The molecule has 5 rings (SSSR count). The number of carbonyl (C=O) groups excluding carboxylic acids is 2. The number of fused-ring (bicyclic) bond motifs is 2. The van der Waals surface area contributed by atoms with Gasteiger partial charge >= 0.3 is 0 Å². The van der Waals surface area contributed by atoms with E-state index in [9.17, 15) is 18.0 Å². The normalized spacial score (nSPS) is 16.8. The summed E-state index contributed by atoms with van der Waals surface area (Å²) < 4.78 is 32.8. The molecule has 10 heteroatoms. The van der Waals surface area contributed by atoms with E-state index in [4.69, 9.17) is 4.74 Å². The molecule has 3 aromatic rings. The van der Waals surface area contributed by atoms with Gasteiger partial charge in [0.05, 0.1) is 29.3 Å². The van der Waals surface area contributed by atoms with Gasteiger partial charge in [0.25, 0.3) is 0 Å². The van der Waals surface area contributed by atoms with Crippen LogP contribution in [0.2, 0.25) is 0 Å². The summed E-state index contributed by atoms with van der Waals surface area (Å²) in [6.45, 7) is 3.05. The van der Waals surface area contributed by atoms with E-state index < -0.39 is 10.0 Å². The van der Waals surface area contributed by atoms with Gasteiger partial charge in [-0.2, -0.15) is 4.31 Å². The molecule has 0 atom stereocenters. The second kappa shape index (κ2) is 9.37. The first-order valence-electron chi connectivity index (χ1n) is 11.5. The summed E-state index contributed by atoms with van der Waals surface area (Å²) in [4.78, 5) is 31.8. The van der Waals surface area contributed by atoms with Crippen LogP contribution >= 0.6 is 0 Å². The lowest BCUT2D eigenvalue weighted by Crippen LogP contribution is -2.42. The lowest BCUT2D eigenvalue weighted by atomic mass is 10.0. The highest BCUT2D eigenvalue weighted by molar-refractivity contribution is 7.89. The minimum atomic E-state index is -3.65. The summed E-state index contributed by atoms with van der Waals surface area (Å²) in [6.07, 6.45) is 0.631. The molecule has 2 aromatic carbocycles. The van der Waals surface area contributed by atoms with E-state index in [0.717, 1.165) is 22.2 Å². The second-order valence-corrected chi connectivity index (χ2v) is 10.6. The van der Waals surface area contributed by atoms with Crippen LogP contribution in [0.1, 0.15) is 17.7 Å². The summed E-state index contributed by atoms with van der Waals surface area (Å²) in [5.74, 6) is -0.515. The third-order valence-corrected chi connectivity index (χ3v) is 8.17. The van der Waals surface area contributed by atoms with Gasteiger partial charge < -0.3 is 15.0 Å². The van der Waals surface area contributed by atoms with Crippen LogP contribution in [-0.4, -0.2) is 62.4 Å². The Kier molecular flexibility index (Phi) is 6.26. The molecule has 1 fully saturated rings. The minimum Gasteiger partial charge on any atom is -0.379 e. The van der Waals surface area contributed by atoms with Crippen LogP contribution in [0.5, 0.6) is 0 Å². The van der Waals surface area contributed by atoms with Crippen LogP contribution in [0.3, 0.4) is 0 Å². The number of hydrogen-bond acceptors (Lipinski definition) is 6. The number of sulfonamides is 1. The number of aryl methyl sites for hydroxylation is 2. The number of benzene rings is 2. The first kappa shape index (κ1) is 23.4. The molecule has 0 saturated carbocycles. The fourth-order valence-corrected chi connectivity index (χ4v) is 6.01. The molecule has 0 unspecified atom stereocenters. The van der Waals surface area contributed by atoms with Gasteiger partial charge in [0, 0.05) is 36.3 Å². The molecule has 0 spiro atoms. The van der Waals surface area contributed by atoms with Crippen molar-refractivity contribution in [2.45, 2.75) is 24.7 Å². The lowest BCUT2D eigenvalue weighted by Gasteiger charge is -2.30. The maximum Gasteiger partial charge on any atom is 0.244 e. The van der Waals surface area contributed by atoms with Gasteiger partial charge in [0.2, 0.25) is 21.8 Å². The molecule has 2 aliphatic heterocycles. The second-order valence-electron chi connectivity index (χ2n) is 8.66. The molecule has 2 amide bonds. The average Bonchev–Trinajstić information content (AvgIpc) is 2.86. The highest BCUT2D eigenvalue weighted by Gasteiger charge is 2.30. The molecule has 1 aromatic heterocycles. The van der Waals surface area contributed by atoms with Gasteiger partial charge in [-0.25, -0.2) is 8.42 Å². The number of morpholine rings is 1. The predicted octanol–water partition coefficient (Wildman–Crippen LogP) is 2.48. The molecule has 2 aliphatic rings. The molecule has 3 heterocycles. The van der Waals surface area contributed by atoms with E-state index in [-0.39, 0.29) is 29.7 Å². The molecule has 0 radical (unpaired) electrons. The van der Waals surface area contributed by atoms with Crippen molar-refractivity contribution < 1.29 is 22.7 Å². The molecular weight excluding hydrogens is 468 g/mol. The maximum absolute atomic E-state index is 13.1. The topological polar surface area (TPSA) is 109 Å². The molecule has 1 saturated heterocycles. The van der Waals surface area contributed by atoms with Crippen molar-refractivity contribution in [3.8, 4) is 0 Å². The smallest absolute Gasteiger partial charge is 0.244 e. The summed E-state index contributed by atoms with van der Waals surface area (Å²) in [5.41, 5.74) is 3.48. The standard InChI is InChI=1S/C25H26N4O5S/c1-17-14-22(20-4-2-3-5-21(20)26-17)27-24(30)16-29-23-8-7-19(15-18(23)6-9-25(29)31)35(32,33)28-10-12-34-13-11-28/h2-5,7-8,14-15H,6,9-13,16H2,1H3,(H,26,27,30). The van der Waals surface area contributed by atoms with Crippen LogP contribution in [-0.2, 0) is 30.8 Å². The Morgan fingerprint density at radius 2 is 1.86 bits per heavy atom. The summed E-state index contributed by atoms with van der Waals surface area (Å²) in [7, 11) is -3.65. The number of carbonyl (C=O) groups is 2. The van der Waals surface area contributed by atoms with Gasteiger partial charge in [0.1, 0.15) is 6.54 Å². The molecule has 182 valence electrons. The number of nitrogens with zero attached hydrogens (tertiary/aromatic N) is 3. The van der Waals surface area contributed by atoms with E-state index in [0.29, 0.717) is 44.1 Å². The number of hydrogen-bond donors (Lipinski definition) is 1. The fraction of sp³-hybridized carbons (Fsp3) is 0.320. The van der Waals surface area contributed by atoms with Gasteiger partial charge in [-0.05, 0) is 49.2 Å². The quantitative estimate of drug-likeness (QED) is 0.584. The van der Waals surface area contributed by atoms with Gasteiger partial charge in [-0.15, -0.1) is 0 Å². The Morgan fingerprint density at radius 1 is 1.09 bits per heavy atom. The van der Waals surface area contributed by atoms with E-state index in [1.54, 1.807) is 18.2 Å². The highest BCUT2D eigenvalue weighted by atomic mass is 32.2. The molecular formula is C25H26N4O5S. The largest absolute Gasteiger partial charge is 0.379 e. The van der Waals surface area contributed by atoms with Gasteiger partial charge in [-0.3, -0.25) is 14.6 Å². The van der Waals surface area contributed by atoms with Crippen molar-refractivity contribution in [3.05, 3.63) is 59.8 Å². The van der Waals surface area contributed by atoms with Crippen molar-refractivity contribution in [2.24, 2.45) is 0 Å². The monoisotopic (exact) mass is 494 g/mol. The van der Waals surface area contributed by atoms with Crippen LogP contribution in [0.15, 0.2) is 53.4 Å². The van der Waals surface area contributed by atoms with Crippen molar-refractivity contribution in [1.29, 1.82) is 0 Å². The number of nitrogens with one attached hydrogen (secondary N) is 1. The minimum absolute atomic E-state index is 0.170. The molecule has 9 nitrogen and oxygen atoms in total. The Balaban J connectivity index is 1.38. The third kappa shape index (κ3) is 4.64. The van der Waals surface area contributed by atoms with Crippen molar-refractivity contribution in [2.75, 3.05) is 43.1 Å². The predicted molar refractivity (Wildman–Crippen MR) is 132 cm³/mol. The Morgan fingerprint density at radius 3 is 2.66 bits per heavy atom. The van der Waals surface area contributed by atoms with Crippen LogP contribution < -0.4 is 10.2 Å². The van der Waals surface area contributed by atoms with E-state index in [2.05, 4.69) is 10.3 Å². The van der Waals surface area contributed by atoms with E-state index in [1.807, 2.05) is 31.2 Å². The number of anilines is 2. The highest BCUT2D eigenvalue weighted by Crippen LogP contribution is 2.31. The molecule has 1 N–H and O–H groups in total. The zero-order chi connectivity index (χ0) is 24.6. The van der Waals surface area contributed by atoms with Crippen molar-refractivity contribution >= 4 is 44.1 Å². The zero-order valence-corrected chi connectivity index (χ0v) is 20.2. The third-order valence-electron chi connectivity index (χ3n) is 6.28. The Bertz CT molecular complexity index is 1420. The van der Waals surface area contributed by atoms with Crippen LogP contribution in [0.25, 0.3) is 10.9 Å². The average molecular weight is 495 g/mol. The molecule has 35 heavy (non-hydrogen) atoms.